The van der Waals surface area contributed by atoms with Crippen molar-refractivity contribution < 1.29 is 0 Å². The molecule has 0 amide bonds. The molecule has 1 aromatic heterocycles. The van der Waals surface area contributed by atoms with Crippen LogP contribution in [0.2, 0.25) is 0 Å². The Morgan fingerprint density at radius 2 is 1.48 bits per heavy atom. The SMILES string of the molecule is Cc1ccc2c(c1)-c1cc(C(C)(C)C)ccc1-c1nccc3cccc-2c13. The number of pyridine rings is 1. The Morgan fingerprint density at radius 1 is 0.704 bits per heavy atom. The van der Waals surface area contributed by atoms with Gasteiger partial charge in [0, 0.05) is 17.1 Å². The molecule has 0 aliphatic heterocycles. The van der Waals surface area contributed by atoms with Gasteiger partial charge >= 0.3 is 0 Å². The topological polar surface area (TPSA) is 12.9 Å². The van der Waals surface area contributed by atoms with E-state index < -0.39 is 0 Å². The number of aryl methyl sites for hydroxylation is 1. The molecule has 27 heavy (non-hydrogen) atoms. The third-order valence-electron chi connectivity index (χ3n) is 5.69. The van der Waals surface area contributed by atoms with Gasteiger partial charge < -0.3 is 0 Å². The van der Waals surface area contributed by atoms with Crippen molar-refractivity contribution in [2.24, 2.45) is 0 Å². The van der Waals surface area contributed by atoms with Crippen LogP contribution in [0.3, 0.4) is 0 Å². The Hall–Kier alpha value is -2.93. The predicted octanol–water partition coefficient (Wildman–Crippen LogP) is 7.16. The van der Waals surface area contributed by atoms with E-state index in [1.807, 2.05) is 6.20 Å². The van der Waals surface area contributed by atoms with Crippen molar-refractivity contribution in [3.05, 3.63) is 78.0 Å². The molecule has 1 heterocycles. The predicted molar refractivity (Wildman–Crippen MR) is 115 cm³/mol. The quantitative estimate of drug-likeness (QED) is 0.289. The fourth-order valence-electron chi connectivity index (χ4n) is 4.21. The summed E-state index contributed by atoms with van der Waals surface area (Å²) in [6.07, 6.45) is 1.93. The molecular formula is C26H23N. The molecule has 1 aliphatic rings. The van der Waals surface area contributed by atoms with Crippen LogP contribution in [0.15, 0.2) is 66.9 Å². The molecule has 0 bridgehead atoms. The van der Waals surface area contributed by atoms with Crippen molar-refractivity contribution in [1.82, 2.24) is 4.98 Å². The van der Waals surface area contributed by atoms with Gasteiger partial charge in [0.05, 0.1) is 5.69 Å². The van der Waals surface area contributed by atoms with E-state index in [1.165, 1.54) is 49.7 Å². The average molecular weight is 349 g/mol. The molecule has 0 N–H and O–H groups in total. The Bertz CT molecular complexity index is 1200. The molecule has 0 radical (unpaired) electrons. The normalized spacial score (nSPS) is 12.4. The fraction of sp³-hybridized carbons (Fsp3) is 0.192. The first-order chi connectivity index (χ1) is 12.9. The summed E-state index contributed by atoms with van der Waals surface area (Å²) in [5.41, 5.74) is 10.2. The van der Waals surface area contributed by atoms with Crippen LogP contribution in [0, 0.1) is 6.92 Å². The second-order valence-electron chi connectivity index (χ2n) is 8.62. The van der Waals surface area contributed by atoms with Gasteiger partial charge in [0.2, 0.25) is 0 Å². The van der Waals surface area contributed by atoms with Crippen molar-refractivity contribution in [3.63, 3.8) is 0 Å². The summed E-state index contributed by atoms with van der Waals surface area (Å²) in [5.74, 6) is 0. The monoisotopic (exact) mass is 349 g/mol. The highest BCUT2D eigenvalue weighted by Gasteiger charge is 2.24. The van der Waals surface area contributed by atoms with Gasteiger partial charge in [0.1, 0.15) is 0 Å². The van der Waals surface area contributed by atoms with Crippen LogP contribution >= 0.6 is 0 Å². The van der Waals surface area contributed by atoms with Crippen LogP contribution < -0.4 is 0 Å². The number of fused-ring (bicyclic) bond motifs is 5. The highest BCUT2D eigenvalue weighted by Crippen LogP contribution is 2.47. The molecule has 1 heteroatoms. The maximum Gasteiger partial charge on any atom is 0.0792 e. The maximum absolute atomic E-state index is 4.84. The van der Waals surface area contributed by atoms with Crippen LogP contribution in [0.1, 0.15) is 31.9 Å². The molecule has 1 aliphatic carbocycles. The maximum atomic E-state index is 4.84. The Balaban J connectivity index is 1.99. The van der Waals surface area contributed by atoms with Gasteiger partial charge in [-0.15, -0.1) is 0 Å². The Labute approximate surface area is 160 Å². The van der Waals surface area contributed by atoms with Gasteiger partial charge in [-0.3, -0.25) is 4.98 Å². The summed E-state index contributed by atoms with van der Waals surface area (Å²) in [5, 5.41) is 2.50. The van der Waals surface area contributed by atoms with Crippen LogP contribution in [0.4, 0.5) is 0 Å². The van der Waals surface area contributed by atoms with Crippen LogP contribution in [-0.2, 0) is 5.41 Å². The number of hydrogen-bond donors (Lipinski definition) is 0. The number of aromatic nitrogens is 1. The fourth-order valence-corrected chi connectivity index (χ4v) is 4.21. The van der Waals surface area contributed by atoms with Gasteiger partial charge in [0.15, 0.2) is 0 Å². The molecule has 0 fully saturated rings. The van der Waals surface area contributed by atoms with Crippen molar-refractivity contribution >= 4 is 10.8 Å². The van der Waals surface area contributed by atoms with E-state index in [0.29, 0.717) is 0 Å². The first kappa shape index (κ1) is 16.3. The highest BCUT2D eigenvalue weighted by molar-refractivity contribution is 6.12. The zero-order valence-corrected chi connectivity index (χ0v) is 16.3. The van der Waals surface area contributed by atoms with Crippen LogP contribution in [0.5, 0.6) is 0 Å². The molecule has 1 nitrogen and oxygen atoms in total. The van der Waals surface area contributed by atoms with Gasteiger partial charge in [-0.25, -0.2) is 0 Å². The minimum Gasteiger partial charge on any atom is -0.256 e. The number of nitrogens with zero attached hydrogens (tertiary/aromatic N) is 1. The molecule has 0 saturated carbocycles. The van der Waals surface area contributed by atoms with E-state index in [0.717, 1.165) is 5.69 Å². The van der Waals surface area contributed by atoms with Crippen molar-refractivity contribution in [2.45, 2.75) is 33.1 Å². The van der Waals surface area contributed by atoms with Gasteiger partial charge in [-0.1, -0.05) is 74.9 Å². The molecule has 0 spiro atoms. The van der Waals surface area contributed by atoms with E-state index in [-0.39, 0.29) is 5.41 Å². The van der Waals surface area contributed by atoms with Crippen molar-refractivity contribution in [1.29, 1.82) is 0 Å². The molecule has 3 aromatic carbocycles. The van der Waals surface area contributed by atoms with Crippen molar-refractivity contribution in [3.8, 4) is 33.5 Å². The minimum absolute atomic E-state index is 0.109. The molecule has 4 aromatic rings. The van der Waals surface area contributed by atoms with Crippen molar-refractivity contribution in [2.75, 3.05) is 0 Å². The molecule has 0 saturated heterocycles. The summed E-state index contributed by atoms with van der Waals surface area (Å²) < 4.78 is 0. The second kappa shape index (κ2) is 5.53. The lowest BCUT2D eigenvalue weighted by atomic mass is 9.83. The molecule has 0 unspecified atom stereocenters. The van der Waals surface area contributed by atoms with Gasteiger partial charge in [-0.05, 0) is 57.7 Å². The summed E-state index contributed by atoms with van der Waals surface area (Å²) in [4.78, 5) is 4.84. The highest BCUT2D eigenvalue weighted by atomic mass is 14.7. The third kappa shape index (κ3) is 2.42. The lowest BCUT2D eigenvalue weighted by Gasteiger charge is -2.21. The average Bonchev–Trinajstić information content (AvgIpc) is 2.76. The van der Waals surface area contributed by atoms with Gasteiger partial charge in [0.25, 0.3) is 0 Å². The minimum atomic E-state index is 0.109. The lowest BCUT2D eigenvalue weighted by molar-refractivity contribution is 0.590. The molecule has 5 rings (SSSR count). The summed E-state index contributed by atoms with van der Waals surface area (Å²) in [6, 6.07) is 22.4. The van der Waals surface area contributed by atoms with E-state index in [1.54, 1.807) is 0 Å². The largest absolute Gasteiger partial charge is 0.256 e. The van der Waals surface area contributed by atoms with Gasteiger partial charge in [-0.2, -0.15) is 0 Å². The standard InChI is InChI=1S/C26H23N/c1-16-8-10-19-20-7-5-6-17-12-13-27-25(24(17)20)21-11-9-18(26(2,3)4)15-23(21)22(19)14-16/h5-15H,1-4H3. The molecular weight excluding hydrogens is 326 g/mol. The first-order valence-corrected chi connectivity index (χ1v) is 9.57. The van der Waals surface area contributed by atoms with E-state index in [4.69, 9.17) is 4.98 Å². The summed E-state index contributed by atoms with van der Waals surface area (Å²) >= 11 is 0. The smallest absolute Gasteiger partial charge is 0.0792 e. The lowest BCUT2D eigenvalue weighted by Crippen LogP contribution is -2.11. The Kier molecular flexibility index (Phi) is 3.33. The van der Waals surface area contributed by atoms with E-state index in [9.17, 15) is 0 Å². The molecule has 132 valence electrons. The number of rotatable bonds is 0. The summed E-state index contributed by atoms with van der Waals surface area (Å²) in [6.45, 7) is 8.99. The Morgan fingerprint density at radius 3 is 2.30 bits per heavy atom. The zero-order valence-electron chi connectivity index (χ0n) is 16.3. The summed E-state index contributed by atoms with van der Waals surface area (Å²) in [7, 11) is 0. The van der Waals surface area contributed by atoms with Crippen LogP contribution in [0.25, 0.3) is 44.3 Å². The van der Waals surface area contributed by atoms with E-state index >= 15 is 0 Å². The zero-order chi connectivity index (χ0) is 18.8. The van der Waals surface area contributed by atoms with E-state index in [2.05, 4.69) is 88.4 Å². The van der Waals surface area contributed by atoms with Crippen LogP contribution in [-0.4, -0.2) is 4.98 Å². The second-order valence-corrected chi connectivity index (χ2v) is 8.62. The number of benzene rings is 3. The molecule has 0 atom stereocenters. The first-order valence-electron chi connectivity index (χ1n) is 9.57. The third-order valence-corrected chi connectivity index (χ3v) is 5.69. The number of hydrogen-bond acceptors (Lipinski definition) is 1.